The molecule has 0 spiro atoms. The first-order valence-corrected chi connectivity index (χ1v) is 9.33. The minimum absolute atomic E-state index is 0.144. The van der Waals surface area contributed by atoms with Gasteiger partial charge >= 0.3 is 18.3 Å². The van der Waals surface area contributed by atoms with E-state index in [0.717, 1.165) is 0 Å². The Morgan fingerprint density at radius 1 is 0.931 bits per heavy atom. The lowest BCUT2D eigenvalue weighted by Gasteiger charge is -2.41. The molecule has 168 valence electrons. The Hall–Kier alpha value is -1.29. The van der Waals surface area contributed by atoms with E-state index in [0.29, 0.717) is 20.3 Å². The lowest BCUT2D eigenvalue weighted by Crippen LogP contribution is -2.53. The molecule has 0 aromatic heterocycles. The van der Waals surface area contributed by atoms with Crippen LogP contribution in [0, 0.1) is 17.3 Å². The van der Waals surface area contributed by atoms with Gasteiger partial charge in [-0.1, -0.05) is 6.92 Å². The molecule has 0 heterocycles. The third-order valence-electron chi connectivity index (χ3n) is 6.42. The van der Waals surface area contributed by atoms with Crippen molar-refractivity contribution in [1.29, 1.82) is 0 Å². The lowest BCUT2D eigenvalue weighted by molar-refractivity contribution is -0.250. The minimum Gasteiger partial charge on any atom is -0.461 e. The van der Waals surface area contributed by atoms with Gasteiger partial charge in [-0.3, -0.25) is 4.79 Å². The van der Waals surface area contributed by atoms with Crippen molar-refractivity contribution in [3.8, 4) is 0 Å². The van der Waals surface area contributed by atoms with Crippen molar-refractivity contribution in [2.45, 2.75) is 83.5 Å². The van der Waals surface area contributed by atoms with E-state index in [2.05, 4.69) is 0 Å². The SMILES string of the molecule is CCC(C)(C)C(=O)OC1CC2CC1C(C(C)(O)C(F)(F)F)=C2C(C)(O)C(F)(F)F. The third-order valence-corrected chi connectivity index (χ3v) is 6.42. The van der Waals surface area contributed by atoms with Gasteiger partial charge in [0.15, 0.2) is 11.2 Å². The second kappa shape index (κ2) is 6.87. The van der Waals surface area contributed by atoms with Crippen molar-refractivity contribution in [3.05, 3.63) is 11.1 Å². The Bertz CT molecular complexity index is 702. The fraction of sp³-hybridized carbons (Fsp3) is 0.842. The van der Waals surface area contributed by atoms with E-state index < -0.39 is 64.0 Å². The summed E-state index contributed by atoms with van der Waals surface area (Å²) in [5, 5.41) is 20.4. The maximum Gasteiger partial charge on any atom is 0.420 e. The highest BCUT2D eigenvalue weighted by molar-refractivity contribution is 5.76. The van der Waals surface area contributed by atoms with Crippen LogP contribution in [0.5, 0.6) is 0 Å². The van der Waals surface area contributed by atoms with Crippen LogP contribution in [0.25, 0.3) is 0 Å². The van der Waals surface area contributed by atoms with Crippen molar-refractivity contribution in [3.63, 3.8) is 0 Å². The number of carbonyl (C=O) groups excluding carboxylic acids is 1. The Labute approximate surface area is 164 Å². The summed E-state index contributed by atoms with van der Waals surface area (Å²) in [4.78, 5) is 12.4. The van der Waals surface area contributed by atoms with Crippen LogP contribution in [0.2, 0.25) is 0 Å². The van der Waals surface area contributed by atoms with Crippen LogP contribution in [-0.2, 0) is 9.53 Å². The van der Waals surface area contributed by atoms with E-state index in [4.69, 9.17) is 4.74 Å². The molecule has 0 radical (unpaired) electrons. The van der Waals surface area contributed by atoms with E-state index in [-0.39, 0.29) is 12.8 Å². The van der Waals surface area contributed by atoms with Crippen molar-refractivity contribution >= 4 is 5.97 Å². The molecule has 0 amide bonds. The molecule has 0 saturated heterocycles. The third kappa shape index (κ3) is 3.78. The van der Waals surface area contributed by atoms with Crippen LogP contribution in [0.15, 0.2) is 11.1 Å². The first-order chi connectivity index (χ1) is 12.8. The molecule has 29 heavy (non-hydrogen) atoms. The lowest BCUT2D eigenvalue weighted by atomic mass is 9.74. The standard InChI is InChI=1S/C19H26F6O4/c1-6-15(2,3)14(26)29-11-8-9-7-10(11)13(17(5,28)19(23,24)25)12(9)16(4,27)18(20,21)22/h9-11,27-28H,6-8H2,1-5H3. The molecule has 5 atom stereocenters. The molecule has 2 rings (SSSR count). The largest absolute Gasteiger partial charge is 0.461 e. The Kier molecular flexibility index (Phi) is 5.68. The topological polar surface area (TPSA) is 66.8 Å². The van der Waals surface area contributed by atoms with Gasteiger partial charge in [-0.15, -0.1) is 0 Å². The van der Waals surface area contributed by atoms with Gasteiger partial charge in [0, 0.05) is 5.92 Å². The van der Waals surface area contributed by atoms with E-state index in [1.54, 1.807) is 20.8 Å². The Morgan fingerprint density at radius 3 is 1.79 bits per heavy atom. The maximum atomic E-state index is 13.5. The second-order valence-corrected chi connectivity index (χ2v) is 8.92. The van der Waals surface area contributed by atoms with E-state index in [9.17, 15) is 41.4 Å². The van der Waals surface area contributed by atoms with Crippen LogP contribution < -0.4 is 0 Å². The van der Waals surface area contributed by atoms with Crippen LogP contribution in [0.4, 0.5) is 26.3 Å². The number of hydrogen-bond donors (Lipinski definition) is 2. The molecule has 0 aromatic carbocycles. The molecule has 2 aliphatic rings. The maximum absolute atomic E-state index is 13.5. The zero-order valence-corrected chi connectivity index (χ0v) is 16.8. The summed E-state index contributed by atoms with van der Waals surface area (Å²) in [5.41, 5.74) is -9.90. The van der Waals surface area contributed by atoms with Crippen molar-refractivity contribution < 1.29 is 46.1 Å². The number of esters is 1. The van der Waals surface area contributed by atoms with Gasteiger partial charge < -0.3 is 14.9 Å². The molecule has 1 fully saturated rings. The number of rotatable bonds is 5. The molecule has 0 aliphatic heterocycles. The molecular formula is C19H26F6O4. The average Bonchev–Trinajstić information content (AvgIpc) is 3.10. The Balaban J connectivity index is 2.56. The summed E-state index contributed by atoms with van der Waals surface area (Å²) in [6.07, 6.45) is -11.5. The van der Waals surface area contributed by atoms with Crippen molar-refractivity contribution in [1.82, 2.24) is 0 Å². The zero-order valence-electron chi connectivity index (χ0n) is 16.8. The number of alkyl halides is 6. The summed E-state index contributed by atoms with van der Waals surface area (Å²) >= 11 is 0. The fourth-order valence-electron chi connectivity index (χ4n) is 4.12. The van der Waals surface area contributed by atoms with E-state index in [1.165, 1.54) is 0 Å². The number of aliphatic hydroxyl groups is 2. The smallest absolute Gasteiger partial charge is 0.420 e. The van der Waals surface area contributed by atoms with Gasteiger partial charge in [0.1, 0.15) is 6.10 Å². The zero-order chi connectivity index (χ0) is 22.8. The summed E-state index contributed by atoms with van der Waals surface area (Å²) in [7, 11) is 0. The van der Waals surface area contributed by atoms with Crippen LogP contribution in [0.1, 0.15) is 53.9 Å². The molecule has 2 aliphatic carbocycles. The quantitative estimate of drug-likeness (QED) is 0.386. The van der Waals surface area contributed by atoms with Gasteiger partial charge in [0.2, 0.25) is 0 Å². The normalized spacial score (nSPS) is 29.6. The summed E-state index contributed by atoms with van der Waals surface area (Å²) in [6.45, 7) is 5.65. The minimum atomic E-state index is -5.28. The van der Waals surface area contributed by atoms with E-state index in [1.807, 2.05) is 0 Å². The van der Waals surface area contributed by atoms with Crippen LogP contribution in [0.3, 0.4) is 0 Å². The van der Waals surface area contributed by atoms with Crippen molar-refractivity contribution in [2.24, 2.45) is 17.3 Å². The van der Waals surface area contributed by atoms with Gasteiger partial charge in [0.25, 0.3) is 0 Å². The predicted molar refractivity (Wildman–Crippen MR) is 90.5 cm³/mol. The van der Waals surface area contributed by atoms with Crippen LogP contribution in [-0.4, -0.2) is 45.8 Å². The highest BCUT2D eigenvalue weighted by Crippen LogP contribution is 2.60. The number of fused-ring (bicyclic) bond motifs is 2. The molecule has 2 N–H and O–H groups in total. The first-order valence-electron chi connectivity index (χ1n) is 9.33. The second-order valence-electron chi connectivity index (χ2n) is 8.92. The summed E-state index contributed by atoms with van der Waals surface area (Å²) in [5.74, 6) is -3.03. The highest BCUT2D eigenvalue weighted by Gasteiger charge is 2.66. The predicted octanol–water partition coefficient (Wildman–Crippen LogP) is 4.30. The molecule has 4 nitrogen and oxygen atoms in total. The fourth-order valence-corrected chi connectivity index (χ4v) is 4.12. The Morgan fingerprint density at radius 2 is 1.38 bits per heavy atom. The molecule has 5 unspecified atom stereocenters. The first kappa shape index (κ1) is 24.0. The number of carbonyl (C=O) groups is 1. The van der Waals surface area contributed by atoms with Gasteiger partial charge in [-0.25, -0.2) is 0 Å². The number of hydrogen-bond acceptors (Lipinski definition) is 4. The highest BCUT2D eigenvalue weighted by atomic mass is 19.4. The molecule has 10 heteroatoms. The molecule has 2 bridgehead atoms. The monoisotopic (exact) mass is 432 g/mol. The molecule has 0 aromatic rings. The van der Waals surface area contributed by atoms with Gasteiger partial charge in [-0.05, 0) is 64.0 Å². The van der Waals surface area contributed by atoms with Gasteiger partial charge in [0.05, 0.1) is 5.41 Å². The molecule has 1 saturated carbocycles. The van der Waals surface area contributed by atoms with Crippen molar-refractivity contribution in [2.75, 3.05) is 0 Å². The summed E-state index contributed by atoms with van der Waals surface area (Å²) < 4.78 is 86.3. The number of ether oxygens (including phenoxy) is 1. The van der Waals surface area contributed by atoms with Crippen LogP contribution >= 0.6 is 0 Å². The average molecular weight is 432 g/mol. The van der Waals surface area contributed by atoms with E-state index >= 15 is 0 Å². The number of halogens is 6. The van der Waals surface area contributed by atoms with Gasteiger partial charge in [-0.2, -0.15) is 26.3 Å². The summed E-state index contributed by atoms with van der Waals surface area (Å²) in [6, 6.07) is 0. The molecular weight excluding hydrogens is 406 g/mol.